The number of aryl methyl sites for hydroxylation is 2. The van der Waals surface area contributed by atoms with Gasteiger partial charge in [0.1, 0.15) is 12.0 Å². The molecule has 0 atom stereocenters. The minimum atomic E-state index is -0.379. The maximum Gasteiger partial charge on any atom is 0.290 e. The minimum absolute atomic E-state index is 0.0850. The zero-order valence-corrected chi connectivity index (χ0v) is 14.9. The van der Waals surface area contributed by atoms with Gasteiger partial charge in [-0.15, -0.1) is 11.3 Å². The molecule has 1 saturated heterocycles. The molecule has 0 radical (unpaired) electrons. The lowest BCUT2D eigenvalue weighted by Gasteiger charge is -2.35. The van der Waals surface area contributed by atoms with E-state index in [1.54, 1.807) is 6.92 Å². The summed E-state index contributed by atoms with van der Waals surface area (Å²) in [5.74, 6) is 0.835. The van der Waals surface area contributed by atoms with Crippen molar-refractivity contribution in [3.63, 3.8) is 0 Å². The number of hydrogen-bond acceptors (Lipinski definition) is 6. The Hall–Kier alpha value is -1.99. The summed E-state index contributed by atoms with van der Waals surface area (Å²) in [4.78, 5) is 22.3. The van der Waals surface area contributed by atoms with Crippen LogP contribution in [0.25, 0.3) is 0 Å². The van der Waals surface area contributed by atoms with Crippen LogP contribution in [0.5, 0.6) is 0 Å². The van der Waals surface area contributed by atoms with Gasteiger partial charge in [-0.1, -0.05) is 6.92 Å². The van der Waals surface area contributed by atoms with Crippen molar-refractivity contribution >= 4 is 22.8 Å². The maximum atomic E-state index is 10.9. The van der Waals surface area contributed by atoms with Crippen molar-refractivity contribution in [3.8, 4) is 0 Å². The normalized spacial score (nSPS) is 15.7. The van der Waals surface area contributed by atoms with Crippen LogP contribution in [0, 0.1) is 17.0 Å². The molecule has 3 rings (SSSR count). The van der Waals surface area contributed by atoms with Crippen LogP contribution >= 0.6 is 11.3 Å². The molecule has 0 bridgehead atoms. The predicted octanol–water partition coefficient (Wildman–Crippen LogP) is 3.24. The van der Waals surface area contributed by atoms with E-state index < -0.39 is 0 Å². The van der Waals surface area contributed by atoms with Crippen molar-refractivity contribution in [3.05, 3.63) is 49.8 Å². The molecule has 0 amide bonds. The van der Waals surface area contributed by atoms with E-state index in [4.69, 9.17) is 0 Å². The third-order valence-electron chi connectivity index (χ3n) is 4.41. The van der Waals surface area contributed by atoms with Crippen molar-refractivity contribution in [2.75, 3.05) is 31.1 Å². The first-order valence-electron chi connectivity index (χ1n) is 8.22. The average Bonchev–Trinajstić information content (AvgIpc) is 3.03. The molecule has 1 fully saturated rings. The second-order valence-electron chi connectivity index (χ2n) is 6.07. The van der Waals surface area contributed by atoms with Gasteiger partial charge in [-0.25, -0.2) is 4.98 Å². The second kappa shape index (κ2) is 7.27. The summed E-state index contributed by atoms with van der Waals surface area (Å²) >= 11 is 1.90. The van der Waals surface area contributed by atoms with Gasteiger partial charge in [0.05, 0.1) is 4.92 Å². The molecule has 128 valence electrons. The summed E-state index contributed by atoms with van der Waals surface area (Å²) in [5, 5.41) is 10.9. The van der Waals surface area contributed by atoms with Crippen LogP contribution in [0.15, 0.2) is 24.4 Å². The monoisotopic (exact) mass is 346 g/mol. The molecule has 7 heteroatoms. The molecule has 0 N–H and O–H groups in total. The highest BCUT2D eigenvalue weighted by Crippen LogP contribution is 2.23. The van der Waals surface area contributed by atoms with E-state index in [0.29, 0.717) is 5.56 Å². The third-order valence-corrected chi connectivity index (χ3v) is 5.62. The van der Waals surface area contributed by atoms with Gasteiger partial charge < -0.3 is 4.90 Å². The fourth-order valence-corrected chi connectivity index (χ4v) is 3.95. The Bertz CT molecular complexity index is 723. The molecule has 6 nitrogen and oxygen atoms in total. The predicted molar refractivity (Wildman–Crippen MR) is 96.8 cm³/mol. The van der Waals surface area contributed by atoms with E-state index in [9.17, 15) is 10.1 Å². The van der Waals surface area contributed by atoms with Crippen LogP contribution in [0.4, 0.5) is 11.5 Å². The molecule has 3 heterocycles. The first-order chi connectivity index (χ1) is 11.6. The summed E-state index contributed by atoms with van der Waals surface area (Å²) in [7, 11) is 0. The summed E-state index contributed by atoms with van der Waals surface area (Å²) in [5.41, 5.74) is 0.750. The van der Waals surface area contributed by atoms with Crippen molar-refractivity contribution in [1.82, 2.24) is 9.88 Å². The molecule has 1 aliphatic rings. The first-order valence-corrected chi connectivity index (χ1v) is 9.04. The van der Waals surface area contributed by atoms with Gasteiger partial charge in [-0.2, -0.15) is 0 Å². The number of piperazine rings is 1. The number of nitrogens with zero attached hydrogens (tertiary/aromatic N) is 4. The second-order valence-corrected chi connectivity index (χ2v) is 7.32. The van der Waals surface area contributed by atoms with Crippen LogP contribution in [0.1, 0.15) is 22.2 Å². The first kappa shape index (κ1) is 16.9. The Labute approximate surface area is 145 Å². The third kappa shape index (κ3) is 3.73. The van der Waals surface area contributed by atoms with E-state index in [-0.39, 0.29) is 10.6 Å². The fourth-order valence-electron chi connectivity index (χ4n) is 2.95. The lowest BCUT2D eigenvalue weighted by atomic mass is 10.2. The number of hydrogen-bond donors (Lipinski definition) is 0. The van der Waals surface area contributed by atoms with Crippen LogP contribution in [-0.2, 0) is 13.0 Å². The van der Waals surface area contributed by atoms with E-state index in [1.165, 1.54) is 16.0 Å². The van der Waals surface area contributed by atoms with Gasteiger partial charge in [0.15, 0.2) is 0 Å². The Morgan fingerprint density at radius 1 is 1.25 bits per heavy atom. The number of pyridine rings is 1. The number of anilines is 1. The van der Waals surface area contributed by atoms with E-state index in [0.717, 1.165) is 45.0 Å². The minimum Gasteiger partial charge on any atom is -0.354 e. The quantitative estimate of drug-likeness (QED) is 0.614. The van der Waals surface area contributed by atoms with Gasteiger partial charge in [0, 0.05) is 48.0 Å². The van der Waals surface area contributed by atoms with Gasteiger partial charge in [0.25, 0.3) is 5.69 Å². The molecule has 0 unspecified atom stereocenters. The summed E-state index contributed by atoms with van der Waals surface area (Å²) in [6, 6.07) is 6.28. The van der Waals surface area contributed by atoms with Crippen molar-refractivity contribution < 1.29 is 4.92 Å². The van der Waals surface area contributed by atoms with Crippen LogP contribution < -0.4 is 4.90 Å². The number of rotatable bonds is 5. The lowest BCUT2D eigenvalue weighted by molar-refractivity contribution is -0.385. The Morgan fingerprint density at radius 2 is 1.96 bits per heavy atom. The highest BCUT2D eigenvalue weighted by molar-refractivity contribution is 7.11. The van der Waals surface area contributed by atoms with E-state index in [1.807, 2.05) is 17.4 Å². The molecule has 0 spiro atoms. The van der Waals surface area contributed by atoms with Gasteiger partial charge >= 0.3 is 0 Å². The average molecular weight is 346 g/mol. The largest absolute Gasteiger partial charge is 0.354 e. The van der Waals surface area contributed by atoms with Crippen LogP contribution in [0.3, 0.4) is 0 Å². The molecular formula is C17H22N4O2S. The zero-order chi connectivity index (χ0) is 17.1. The van der Waals surface area contributed by atoms with Gasteiger partial charge in [0.2, 0.25) is 0 Å². The maximum absolute atomic E-state index is 10.9. The standard InChI is InChI=1S/C17H22N4O2S/c1-3-14-4-5-15(24-14)12-19-6-8-20(9-7-19)17-10-13(2)16(11-18-17)21(22)23/h4-5,10-11H,3,6-9,12H2,1-2H3. The van der Waals surface area contributed by atoms with Crippen molar-refractivity contribution in [1.29, 1.82) is 0 Å². The van der Waals surface area contributed by atoms with Gasteiger partial charge in [-0.05, 0) is 31.5 Å². The smallest absolute Gasteiger partial charge is 0.290 e. The SMILES string of the molecule is CCc1ccc(CN2CCN(c3cc(C)c([N+](=O)[O-])cn3)CC2)s1. The Balaban J connectivity index is 1.58. The Morgan fingerprint density at radius 3 is 2.54 bits per heavy atom. The molecule has 2 aromatic heterocycles. The van der Waals surface area contributed by atoms with Crippen molar-refractivity contribution in [2.24, 2.45) is 0 Å². The van der Waals surface area contributed by atoms with Crippen LogP contribution in [0.2, 0.25) is 0 Å². The highest BCUT2D eigenvalue weighted by atomic mass is 32.1. The topological polar surface area (TPSA) is 62.5 Å². The van der Waals surface area contributed by atoms with Crippen molar-refractivity contribution in [2.45, 2.75) is 26.8 Å². The lowest BCUT2D eigenvalue weighted by Crippen LogP contribution is -2.46. The van der Waals surface area contributed by atoms with E-state index in [2.05, 4.69) is 33.8 Å². The Kier molecular flexibility index (Phi) is 5.11. The highest BCUT2D eigenvalue weighted by Gasteiger charge is 2.20. The molecule has 2 aromatic rings. The molecular weight excluding hydrogens is 324 g/mol. The number of thiophene rings is 1. The molecule has 0 saturated carbocycles. The number of aromatic nitrogens is 1. The fraction of sp³-hybridized carbons (Fsp3) is 0.471. The van der Waals surface area contributed by atoms with Crippen LogP contribution in [-0.4, -0.2) is 41.0 Å². The van der Waals surface area contributed by atoms with Gasteiger partial charge in [-0.3, -0.25) is 15.0 Å². The summed E-state index contributed by atoms with van der Waals surface area (Å²) in [6.45, 7) is 8.72. The molecule has 0 aliphatic carbocycles. The number of nitro groups is 1. The zero-order valence-electron chi connectivity index (χ0n) is 14.1. The molecule has 24 heavy (non-hydrogen) atoms. The summed E-state index contributed by atoms with van der Waals surface area (Å²) < 4.78 is 0. The molecule has 0 aromatic carbocycles. The molecule has 1 aliphatic heterocycles. The van der Waals surface area contributed by atoms with E-state index >= 15 is 0 Å². The summed E-state index contributed by atoms with van der Waals surface area (Å²) in [6.07, 6.45) is 2.47.